The van der Waals surface area contributed by atoms with Gasteiger partial charge in [0.25, 0.3) is 0 Å². The summed E-state index contributed by atoms with van der Waals surface area (Å²) in [6.45, 7) is 2.01. The Morgan fingerprint density at radius 1 is 1.04 bits per heavy atom. The fraction of sp³-hybridized carbons (Fsp3) is 0.118. The molecule has 0 unspecified atom stereocenters. The number of hydrogen-bond acceptors (Lipinski definition) is 6. The Bertz CT molecular complexity index is 856. The van der Waals surface area contributed by atoms with Crippen molar-refractivity contribution in [2.45, 2.75) is 6.92 Å². The summed E-state index contributed by atoms with van der Waals surface area (Å²) >= 11 is 3.49. The molecule has 0 saturated carbocycles. The molecule has 6 nitrogen and oxygen atoms in total. The van der Waals surface area contributed by atoms with Gasteiger partial charge in [-0.15, -0.1) is 5.10 Å². The summed E-state index contributed by atoms with van der Waals surface area (Å²) in [4.78, 5) is 4.44. The molecule has 3 rings (SSSR count). The third-order valence-electron chi connectivity index (χ3n) is 3.30. The zero-order chi connectivity index (χ0) is 16.9. The Hall–Kier alpha value is -2.67. The maximum atomic E-state index is 5.35. The zero-order valence-corrected chi connectivity index (χ0v) is 14.8. The van der Waals surface area contributed by atoms with Gasteiger partial charge in [0.15, 0.2) is 5.82 Å². The molecular formula is C17H16BrN5O. The van der Waals surface area contributed by atoms with Crippen LogP contribution in [0.15, 0.2) is 53.1 Å². The quantitative estimate of drug-likeness (QED) is 0.676. The zero-order valence-electron chi connectivity index (χ0n) is 13.2. The van der Waals surface area contributed by atoms with Gasteiger partial charge in [-0.1, -0.05) is 18.2 Å². The minimum atomic E-state index is 0.385. The highest BCUT2D eigenvalue weighted by Crippen LogP contribution is 2.28. The average Bonchev–Trinajstić information content (AvgIpc) is 2.58. The maximum Gasteiger partial charge on any atom is 0.249 e. The number of anilines is 4. The number of ether oxygens (including phenoxy) is 1. The molecule has 0 fully saturated rings. The monoisotopic (exact) mass is 385 g/mol. The minimum Gasteiger partial charge on any atom is -0.495 e. The predicted molar refractivity (Wildman–Crippen MR) is 98.3 cm³/mol. The lowest BCUT2D eigenvalue weighted by molar-refractivity contribution is 0.416. The first-order valence-electron chi connectivity index (χ1n) is 7.28. The van der Waals surface area contributed by atoms with Gasteiger partial charge < -0.3 is 15.4 Å². The van der Waals surface area contributed by atoms with Gasteiger partial charge in [0, 0.05) is 4.47 Å². The van der Waals surface area contributed by atoms with E-state index in [0.717, 1.165) is 21.4 Å². The molecule has 1 heterocycles. The van der Waals surface area contributed by atoms with E-state index in [2.05, 4.69) is 41.7 Å². The molecule has 0 aliphatic heterocycles. The number of methoxy groups -OCH3 is 1. The summed E-state index contributed by atoms with van der Waals surface area (Å²) in [5.41, 5.74) is 2.79. The second kappa shape index (κ2) is 7.27. The van der Waals surface area contributed by atoms with Crippen LogP contribution in [0.2, 0.25) is 0 Å². The summed E-state index contributed by atoms with van der Waals surface area (Å²) < 4.78 is 6.30. The largest absolute Gasteiger partial charge is 0.495 e. The number of aryl methyl sites for hydroxylation is 1. The number of nitrogens with zero attached hydrogens (tertiary/aromatic N) is 3. The molecule has 0 aliphatic rings. The van der Waals surface area contributed by atoms with Gasteiger partial charge >= 0.3 is 0 Å². The third kappa shape index (κ3) is 3.80. The Morgan fingerprint density at radius 3 is 2.67 bits per heavy atom. The van der Waals surface area contributed by atoms with E-state index in [1.54, 1.807) is 13.3 Å². The first-order valence-corrected chi connectivity index (χ1v) is 8.08. The standard InChI is InChI=1S/C17H16BrN5O/c1-11-7-8-15(24-2)14(9-11)21-17-22-16(10-19-23-17)20-13-6-4-3-5-12(13)18/h3-10H,1-2H3,(H2,20,21,22,23). The van der Waals surface area contributed by atoms with E-state index in [-0.39, 0.29) is 0 Å². The number of benzene rings is 2. The third-order valence-corrected chi connectivity index (χ3v) is 3.99. The Morgan fingerprint density at radius 2 is 1.88 bits per heavy atom. The van der Waals surface area contributed by atoms with Crippen molar-refractivity contribution in [1.29, 1.82) is 0 Å². The van der Waals surface area contributed by atoms with Gasteiger partial charge in [0.1, 0.15) is 5.75 Å². The molecule has 24 heavy (non-hydrogen) atoms. The van der Waals surface area contributed by atoms with Crippen molar-refractivity contribution in [3.05, 3.63) is 58.7 Å². The Kier molecular flexibility index (Phi) is 4.90. The highest BCUT2D eigenvalue weighted by molar-refractivity contribution is 9.10. The average molecular weight is 386 g/mol. The highest BCUT2D eigenvalue weighted by Gasteiger charge is 2.07. The number of para-hydroxylation sites is 1. The van der Waals surface area contributed by atoms with Crippen LogP contribution in [0.25, 0.3) is 0 Å². The second-order valence-corrected chi connectivity index (χ2v) is 5.95. The lowest BCUT2D eigenvalue weighted by Gasteiger charge is -2.11. The van der Waals surface area contributed by atoms with Crippen molar-refractivity contribution in [2.75, 3.05) is 17.7 Å². The van der Waals surface area contributed by atoms with E-state index in [9.17, 15) is 0 Å². The van der Waals surface area contributed by atoms with Crippen molar-refractivity contribution in [3.8, 4) is 5.75 Å². The van der Waals surface area contributed by atoms with Crippen molar-refractivity contribution in [3.63, 3.8) is 0 Å². The summed E-state index contributed by atoms with van der Waals surface area (Å²) in [7, 11) is 1.62. The summed E-state index contributed by atoms with van der Waals surface area (Å²) in [6, 6.07) is 13.6. The topological polar surface area (TPSA) is 72.0 Å². The molecule has 7 heteroatoms. The van der Waals surface area contributed by atoms with Gasteiger partial charge in [-0.05, 0) is 52.7 Å². The number of hydrogen-bond donors (Lipinski definition) is 2. The fourth-order valence-corrected chi connectivity index (χ4v) is 2.54. The predicted octanol–water partition coefficient (Wildman–Crippen LogP) is 4.44. The molecule has 0 aliphatic carbocycles. The van der Waals surface area contributed by atoms with Crippen LogP contribution < -0.4 is 15.4 Å². The molecule has 3 aromatic rings. The second-order valence-electron chi connectivity index (χ2n) is 5.10. The first-order chi connectivity index (χ1) is 11.7. The Balaban J connectivity index is 1.84. The van der Waals surface area contributed by atoms with Gasteiger partial charge in [0.2, 0.25) is 5.95 Å². The van der Waals surface area contributed by atoms with Crippen LogP contribution in [0.3, 0.4) is 0 Å². The summed E-state index contributed by atoms with van der Waals surface area (Å²) in [5.74, 6) is 1.69. The van der Waals surface area contributed by atoms with Crippen molar-refractivity contribution in [2.24, 2.45) is 0 Å². The smallest absolute Gasteiger partial charge is 0.249 e. The van der Waals surface area contributed by atoms with Crippen LogP contribution in [-0.2, 0) is 0 Å². The van der Waals surface area contributed by atoms with E-state index < -0.39 is 0 Å². The first kappa shape index (κ1) is 16.2. The molecule has 0 radical (unpaired) electrons. The SMILES string of the molecule is COc1ccc(C)cc1Nc1nncc(Nc2ccccc2Br)n1. The lowest BCUT2D eigenvalue weighted by atomic mass is 10.2. The molecule has 0 bridgehead atoms. The maximum absolute atomic E-state index is 5.35. The highest BCUT2D eigenvalue weighted by atomic mass is 79.9. The van der Waals surface area contributed by atoms with Crippen LogP contribution in [0, 0.1) is 6.92 Å². The van der Waals surface area contributed by atoms with E-state index in [0.29, 0.717) is 17.5 Å². The fourth-order valence-electron chi connectivity index (χ4n) is 2.16. The molecule has 2 N–H and O–H groups in total. The van der Waals surface area contributed by atoms with E-state index in [1.165, 1.54) is 0 Å². The van der Waals surface area contributed by atoms with Crippen LogP contribution >= 0.6 is 15.9 Å². The number of nitrogens with one attached hydrogen (secondary N) is 2. The van der Waals surface area contributed by atoms with E-state index in [1.807, 2.05) is 49.4 Å². The van der Waals surface area contributed by atoms with Crippen molar-refractivity contribution < 1.29 is 4.74 Å². The summed E-state index contributed by atoms with van der Waals surface area (Å²) in [5, 5.41) is 14.4. The van der Waals surface area contributed by atoms with Gasteiger partial charge in [-0.25, -0.2) is 0 Å². The normalized spacial score (nSPS) is 10.3. The van der Waals surface area contributed by atoms with Crippen LogP contribution in [-0.4, -0.2) is 22.3 Å². The number of halogens is 1. The number of aromatic nitrogens is 3. The lowest BCUT2D eigenvalue weighted by Crippen LogP contribution is -2.03. The molecule has 0 amide bonds. The minimum absolute atomic E-state index is 0.385. The van der Waals surface area contributed by atoms with Gasteiger partial charge in [-0.3, -0.25) is 0 Å². The molecular weight excluding hydrogens is 370 g/mol. The molecule has 122 valence electrons. The van der Waals surface area contributed by atoms with Crippen LogP contribution in [0.1, 0.15) is 5.56 Å². The molecule has 0 spiro atoms. The Labute approximate surface area is 148 Å². The van der Waals surface area contributed by atoms with Crippen molar-refractivity contribution in [1.82, 2.24) is 15.2 Å². The van der Waals surface area contributed by atoms with Crippen LogP contribution in [0.4, 0.5) is 23.1 Å². The number of rotatable bonds is 5. The summed E-state index contributed by atoms with van der Waals surface area (Å²) in [6.07, 6.45) is 1.57. The van der Waals surface area contributed by atoms with Gasteiger partial charge in [0.05, 0.1) is 24.7 Å². The molecule has 2 aromatic carbocycles. The van der Waals surface area contributed by atoms with E-state index in [4.69, 9.17) is 4.74 Å². The van der Waals surface area contributed by atoms with Crippen molar-refractivity contribution >= 4 is 39.1 Å². The molecule has 0 atom stereocenters. The van der Waals surface area contributed by atoms with E-state index >= 15 is 0 Å². The molecule has 1 aromatic heterocycles. The van der Waals surface area contributed by atoms with Crippen LogP contribution in [0.5, 0.6) is 5.75 Å². The molecule has 0 saturated heterocycles. The van der Waals surface area contributed by atoms with Gasteiger partial charge in [-0.2, -0.15) is 10.1 Å².